The molecular weight excluding hydrogens is 270 g/mol. The van der Waals surface area contributed by atoms with Crippen LogP contribution in [0.15, 0.2) is 30.3 Å². The second-order valence-corrected chi connectivity index (χ2v) is 5.88. The maximum atomic E-state index is 12.5. The molecule has 1 aromatic carbocycles. The number of fused-ring (bicyclic) bond motifs is 2. The van der Waals surface area contributed by atoms with Gasteiger partial charge in [-0.1, -0.05) is 18.2 Å². The van der Waals surface area contributed by atoms with Crippen LogP contribution in [-0.4, -0.2) is 40.8 Å². The molecule has 5 heteroatoms. The molecule has 1 saturated carbocycles. The monoisotopic (exact) mass is 287 g/mol. The first kappa shape index (κ1) is 13.8. The number of ketones is 1. The maximum absolute atomic E-state index is 12.5. The Morgan fingerprint density at radius 1 is 1.05 bits per heavy atom. The number of Topliss-reactive ketones (excluding diaryl/α,β-unsaturated/α-hetero) is 1. The molecule has 1 N–H and O–H groups in total. The van der Waals surface area contributed by atoms with Gasteiger partial charge in [0.1, 0.15) is 5.78 Å². The van der Waals surface area contributed by atoms with Gasteiger partial charge in [0.25, 0.3) is 5.91 Å². The predicted octanol–water partition coefficient (Wildman–Crippen LogP) is 1.44. The van der Waals surface area contributed by atoms with E-state index in [0.29, 0.717) is 31.5 Å². The van der Waals surface area contributed by atoms with Crippen molar-refractivity contribution in [2.45, 2.75) is 12.8 Å². The highest BCUT2D eigenvalue weighted by Gasteiger charge is 2.45. The van der Waals surface area contributed by atoms with Crippen LogP contribution in [0, 0.1) is 17.8 Å². The highest BCUT2D eigenvalue weighted by atomic mass is 16.4. The van der Waals surface area contributed by atoms with E-state index in [1.54, 1.807) is 17.0 Å². The number of hydrogen-bond donors (Lipinski definition) is 1. The van der Waals surface area contributed by atoms with E-state index >= 15 is 0 Å². The number of carboxylic acids is 1. The lowest BCUT2D eigenvalue weighted by Gasteiger charge is -2.42. The average molecular weight is 287 g/mol. The molecule has 1 heterocycles. The minimum absolute atomic E-state index is 0.0770. The van der Waals surface area contributed by atoms with Crippen molar-refractivity contribution in [2.24, 2.45) is 17.8 Å². The largest absolute Gasteiger partial charge is 0.481 e. The minimum Gasteiger partial charge on any atom is -0.481 e. The fourth-order valence-electron chi connectivity index (χ4n) is 3.42. The molecule has 110 valence electrons. The average Bonchev–Trinajstić information content (AvgIpc) is 2.47. The van der Waals surface area contributed by atoms with Gasteiger partial charge in [0.05, 0.1) is 5.92 Å². The lowest BCUT2D eigenvalue weighted by atomic mass is 9.71. The van der Waals surface area contributed by atoms with Gasteiger partial charge in [0.2, 0.25) is 0 Å². The fraction of sp³-hybridized carbons (Fsp3) is 0.438. The Kier molecular flexibility index (Phi) is 3.49. The Balaban J connectivity index is 1.77. The molecular formula is C16H17NO4. The third-order valence-electron chi connectivity index (χ3n) is 4.48. The SMILES string of the molecule is O=C(O)C1C[C@H]2CN(C(=O)c3ccccc3)C[C@H](C1)C2=O. The molecule has 1 aliphatic heterocycles. The van der Waals surface area contributed by atoms with Crippen LogP contribution < -0.4 is 0 Å². The van der Waals surface area contributed by atoms with Crippen LogP contribution in [0.25, 0.3) is 0 Å². The van der Waals surface area contributed by atoms with Crippen molar-refractivity contribution < 1.29 is 19.5 Å². The molecule has 1 saturated heterocycles. The van der Waals surface area contributed by atoms with Crippen molar-refractivity contribution in [1.82, 2.24) is 4.90 Å². The van der Waals surface area contributed by atoms with Crippen molar-refractivity contribution in [3.05, 3.63) is 35.9 Å². The summed E-state index contributed by atoms with van der Waals surface area (Å²) in [6.45, 7) is 0.680. The molecule has 1 amide bonds. The Labute approximate surface area is 122 Å². The van der Waals surface area contributed by atoms with Crippen molar-refractivity contribution >= 4 is 17.7 Å². The highest BCUT2D eigenvalue weighted by molar-refractivity contribution is 5.96. The summed E-state index contributed by atoms with van der Waals surface area (Å²) in [6.07, 6.45) is 0.701. The van der Waals surface area contributed by atoms with Gasteiger partial charge in [-0.25, -0.2) is 0 Å². The Bertz CT molecular complexity index is 565. The van der Waals surface area contributed by atoms with E-state index in [1.165, 1.54) is 0 Å². The number of amides is 1. The summed E-state index contributed by atoms with van der Waals surface area (Å²) < 4.78 is 0. The van der Waals surface area contributed by atoms with Gasteiger partial charge >= 0.3 is 5.97 Å². The summed E-state index contributed by atoms with van der Waals surface area (Å²) in [5, 5.41) is 9.14. The first-order chi connectivity index (χ1) is 10.1. The van der Waals surface area contributed by atoms with E-state index in [-0.39, 0.29) is 23.5 Å². The molecule has 1 aliphatic carbocycles. The Hall–Kier alpha value is -2.17. The summed E-state index contributed by atoms with van der Waals surface area (Å²) in [4.78, 5) is 37.4. The molecule has 0 unspecified atom stereocenters. The van der Waals surface area contributed by atoms with Crippen LogP contribution in [0.5, 0.6) is 0 Å². The molecule has 0 spiro atoms. The molecule has 3 rings (SSSR count). The van der Waals surface area contributed by atoms with E-state index in [1.807, 2.05) is 18.2 Å². The lowest BCUT2D eigenvalue weighted by Crippen LogP contribution is -2.53. The zero-order valence-electron chi connectivity index (χ0n) is 11.6. The van der Waals surface area contributed by atoms with Crippen molar-refractivity contribution in [3.8, 4) is 0 Å². The number of aliphatic carboxylic acids is 1. The van der Waals surface area contributed by atoms with Crippen LogP contribution in [0.1, 0.15) is 23.2 Å². The molecule has 1 aromatic rings. The van der Waals surface area contributed by atoms with Gasteiger partial charge in [-0.3, -0.25) is 14.4 Å². The van der Waals surface area contributed by atoms with Crippen LogP contribution in [0.3, 0.4) is 0 Å². The summed E-state index contributed by atoms with van der Waals surface area (Å²) in [5.41, 5.74) is 0.611. The van der Waals surface area contributed by atoms with Crippen molar-refractivity contribution in [3.63, 3.8) is 0 Å². The smallest absolute Gasteiger partial charge is 0.306 e. The second-order valence-electron chi connectivity index (χ2n) is 5.88. The number of hydrogen-bond acceptors (Lipinski definition) is 3. The Morgan fingerprint density at radius 2 is 1.62 bits per heavy atom. The number of benzene rings is 1. The molecule has 2 fully saturated rings. The number of carbonyl (C=O) groups excluding carboxylic acids is 2. The normalized spacial score (nSPS) is 28.3. The van der Waals surface area contributed by atoms with Gasteiger partial charge < -0.3 is 10.0 Å². The quantitative estimate of drug-likeness (QED) is 0.893. The van der Waals surface area contributed by atoms with Gasteiger partial charge in [0, 0.05) is 30.5 Å². The van der Waals surface area contributed by atoms with Crippen LogP contribution in [0.4, 0.5) is 0 Å². The number of carboxylic acid groups (broad SMARTS) is 1. The molecule has 0 aromatic heterocycles. The highest BCUT2D eigenvalue weighted by Crippen LogP contribution is 2.36. The summed E-state index contributed by atoms with van der Waals surface area (Å²) in [7, 11) is 0. The van der Waals surface area contributed by atoms with Crippen LogP contribution in [0.2, 0.25) is 0 Å². The van der Waals surface area contributed by atoms with Gasteiger partial charge in [0.15, 0.2) is 0 Å². The first-order valence-electron chi connectivity index (χ1n) is 7.17. The number of carbonyl (C=O) groups is 3. The van der Waals surface area contributed by atoms with Crippen molar-refractivity contribution in [1.29, 1.82) is 0 Å². The van der Waals surface area contributed by atoms with Crippen LogP contribution >= 0.6 is 0 Å². The topological polar surface area (TPSA) is 74.7 Å². The molecule has 21 heavy (non-hydrogen) atoms. The molecule has 2 bridgehead atoms. The zero-order valence-corrected chi connectivity index (χ0v) is 11.6. The lowest BCUT2D eigenvalue weighted by molar-refractivity contribution is -0.148. The predicted molar refractivity (Wildman–Crippen MR) is 74.7 cm³/mol. The third-order valence-corrected chi connectivity index (χ3v) is 4.48. The van der Waals surface area contributed by atoms with Crippen LogP contribution in [-0.2, 0) is 9.59 Å². The van der Waals surface area contributed by atoms with Gasteiger partial charge in [-0.05, 0) is 25.0 Å². The van der Waals surface area contributed by atoms with E-state index < -0.39 is 11.9 Å². The van der Waals surface area contributed by atoms with Gasteiger partial charge in [-0.2, -0.15) is 0 Å². The molecule has 2 aliphatic rings. The number of rotatable bonds is 2. The van der Waals surface area contributed by atoms with Crippen molar-refractivity contribution in [2.75, 3.05) is 13.1 Å². The third kappa shape index (κ3) is 2.55. The van der Waals surface area contributed by atoms with E-state index in [9.17, 15) is 14.4 Å². The van der Waals surface area contributed by atoms with E-state index in [0.717, 1.165) is 0 Å². The molecule has 5 nitrogen and oxygen atoms in total. The maximum Gasteiger partial charge on any atom is 0.306 e. The number of piperidine rings is 1. The fourth-order valence-corrected chi connectivity index (χ4v) is 3.42. The second kappa shape index (κ2) is 5.31. The summed E-state index contributed by atoms with van der Waals surface area (Å²) in [6, 6.07) is 8.99. The Morgan fingerprint density at radius 3 is 2.14 bits per heavy atom. The first-order valence-corrected chi connectivity index (χ1v) is 7.17. The summed E-state index contributed by atoms with van der Waals surface area (Å²) in [5.74, 6) is -1.89. The minimum atomic E-state index is -0.833. The standard InChI is InChI=1S/C16H17NO4/c18-14-12-6-11(16(20)21)7-13(14)9-17(8-12)15(19)10-4-2-1-3-5-10/h1-5,11-13H,6-9H2,(H,20,21)/t12-,13-/m0/s1. The zero-order chi connectivity index (χ0) is 15.0. The number of nitrogens with zero attached hydrogens (tertiary/aromatic N) is 1. The number of likely N-dealkylation sites (tertiary alicyclic amines) is 1. The summed E-state index contributed by atoms with van der Waals surface area (Å²) >= 11 is 0. The molecule has 0 radical (unpaired) electrons. The molecule has 2 atom stereocenters. The van der Waals surface area contributed by atoms with E-state index in [4.69, 9.17) is 5.11 Å². The van der Waals surface area contributed by atoms with E-state index in [2.05, 4.69) is 0 Å². The van der Waals surface area contributed by atoms with Gasteiger partial charge in [-0.15, -0.1) is 0 Å².